The summed E-state index contributed by atoms with van der Waals surface area (Å²) in [5.74, 6) is -5.32. The lowest BCUT2D eigenvalue weighted by atomic mass is 9.92. The first-order valence-electron chi connectivity index (χ1n) is 14.0. The first kappa shape index (κ1) is 36.0. The van der Waals surface area contributed by atoms with Crippen LogP contribution in [-0.4, -0.2) is 80.6 Å². The molecule has 1 aromatic heterocycles. The molecule has 0 atom stereocenters. The number of carboxylic acids is 1. The second-order valence-corrected chi connectivity index (χ2v) is 15.4. The molecular formula is C28H25N4O15S3+. The van der Waals surface area contributed by atoms with E-state index in [2.05, 4.69) is 4.72 Å². The summed E-state index contributed by atoms with van der Waals surface area (Å²) in [5, 5.41) is 10.1. The molecule has 2 heterocycles. The molecule has 1 saturated heterocycles. The monoisotopic (exact) mass is 753 g/mol. The third-order valence-corrected chi connectivity index (χ3v) is 10.6. The van der Waals surface area contributed by atoms with Gasteiger partial charge in [0.15, 0.2) is 0 Å². The number of anilines is 2. The second-order valence-electron chi connectivity index (χ2n) is 10.7. The molecule has 22 heteroatoms. The van der Waals surface area contributed by atoms with Crippen molar-refractivity contribution in [1.29, 1.82) is 0 Å². The minimum Gasteiger partial charge on any atom is -0.478 e. The molecule has 0 bridgehead atoms. The normalized spacial score (nSPS) is 14.1. The third-order valence-electron chi connectivity index (χ3n) is 7.36. The zero-order chi connectivity index (χ0) is 36.9. The molecule has 1 aliphatic heterocycles. The molecule has 264 valence electrons. The summed E-state index contributed by atoms with van der Waals surface area (Å²) in [6.07, 6.45) is -0.791. The smallest absolute Gasteiger partial charge is 0.384 e. The number of carbonyl (C=O) groups is 4. The van der Waals surface area contributed by atoms with E-state index in [1.54, 1.807) is 0 Å². The molecule has 0 spiro atoms. The molecule has 2 amide bonds. The van der Waals surface area contributed by atoms with Gasteiger partial charge in [-0.05, 0) is 48.4 Å². The molecule has 5 rings (SSSR count). The van der Waals surface area contributed by atoms with Crippen molar-refractivity contribution in [2.45, 2.75) is 29.1 Å². The highest BCUT2D eigenvalue weighted by Gasteiger charge is 2.37. The Morgan fingerprint density at radius 1 is 0.860 bits per heavy atom. The molecule has 0 radical (unpaired) electrons. The minimum absolute atomic E-state index is 0.179. The van der Waals surface area contributed by atoms with Crippen LogP contribution in [0.4, 0.5) is 11.4 Å². The third kappa shape index (κ3) is 6.92. The van der Waals surface area contributed by atoms with Crippen molar-refractivity contribution < 1.29 is 67.9 Å². The fraction of sp³-hybridized carbons (Fsp3) is 0.179. The van der Waals surface area contributed by atoms with Crippen molar-refractivity contribution in [3.05, 3.63) is 53.6 Å². The summed E-state index contributed by atoms with van der Waals surface area (Å²) in [5.41, 5.74) is 8.00. The van der Waals surface area contributed by atoms with Crippen LogP contribution >= 0.6 is 0 Å². The fourth-order valence-corrected chi connectivity index (χ4v) is 7.82. The van der Waals surface area contributed by atoms with Gasteiger partial charge in [-0.2, -0.15) is 16.8 Å². The molecule has 19 nitrogen and oxygen atoms in total. The van der Waals surface area contributed by atoms with Gasteiger partial charge < -0.3 is 21.4 Å². The number of imide groups is 1. The Hall–Kier alpha value is -5.26. The number of nitrogens with one attached hydrogen (secondary N) is 1. The van der Waals surface area contributed by atoms with Crippen molar-refractivity contribution >= 4 is 87.3 Å². The number of aromatic carboxylic acids is 1. The summed E-state index contributed by atoms with van der Waals surface area (Å²) in [6, 6.07) is 7.57. The largest absolute Gasteiger partial charge is 0.478 e. The number of hydrogen-bond donors (Lipinski definition) is 6. The van der Waals surface area contributed by atoms with E-state index in [9.17, 15) is 54.1 Å². The number of amides is 2. The van der Waals surface area contributed by atoms with Crippen LogP contribution in [-0.2, 0) is 44.7 Å². The topological polar surface area (TPSA) is 319 Å². The number of sulfonamides is 1. The first-order chi connectivity index (χ1) is 23.2. The van der Waals surface area contributed by atoms with Gasteiger partial charge in [0, 0.05) is 24.9 Å². The Labute approximate surface area is 281 Å². The van der Waals surface area contributed by atoms with Gasteiger partial charge >= 0.3 is 33.2 Å². The number of benzene rings is 3. The molecule has 1 fully saturated rings. The van der Waals surface area contributed by atoms with Gasteiger partial charge in [0.1, 0.15) is 0 Å². The van der Waals surface area contributed by atoms with Crippen LogP contribution < -0.4 is 16.2 Å². The second kappa shape index (κ2) is 12.9. The van der Waals surface area contributed by atoms with Crippen LogP contribution in [0.15, 0.2) is 56.7 Å². The highest BCUT2D eigenvalue weighted by Crippen LogP contribution is 2.44. The molecule has 0 saturated carbocycles. The van der Waals surface area contributed by atoms with Crippen LogP contribution in [0.1, 0.15) is 40.0 Å². The number of hydrogen-bond acceptors (Lipinski definition) is 13. The lowest BCUT2D eigenvalue weighted by Gasteiger charge is -2.15. The number of carbonyl (C=O) groups excluding carboxylic acids is 3. The van der Waals surface area contributed by atoms with Crippen molar-refractivity contribution in [3.8, 4) is 11.1 Å². The number of carboxylic acid groups (broad SMARTS) is 1. The van der Waals surface area contributed by atoms with Crippen molar-refractivity contribution in [2.75, 3.05) is 23.8 Å². The summed E-state index contributed by atoms with van der Waals surface area (Å²) in [7, 11) is -14.4. The van der Waals surface area contributed by atoms with Gasteiger partial charge in [-0.3, -0.25) is 18.7 Å². The van der Waals surface area contributed by atoms with Crippen molar-refractivity contribution in [3.63, 3.8) is 0 Å². The number of rotatable bonds is 11. The molecule has 0 unspecified atom stereocenters. The average Bonchev–Trinajstić information content (AvgIpc) is 3.32. The van der Waals surface area contributed by atoms with Gasteiger partial charge in [-0.25, -0.2) is 27.1 Å². The lowest BCUT2D eigenvalue weighted by Crippen LogP contribution is -2.32. The van der Waals surface area contributed by atoms with E-state index in [1.165, 1.54) is 12.1 Å². The van der Waals surface area contributed by atoms with Crippen molar-refractivity contribution in [1.82, 2.24) is 9.79 Å². The maximum Gasteiger partial charge on any atom is 0.384 e. The fourth-order valence-electron chi connectivity index (χ4n) is 5.23. The van der Waals surface area contributed by atoms with E-state index in [0.29, 0.717) is 0 Å². The Morgan fingerprint density at radius 3 is 1.96 bits per heavy atom. The first-order valence-corrected chi connectivity index (χ1v) is 18.5. The number of nitrogens with two attached hydrogens (primary N) is 2. The Morgan fingerprint density at radius 2 is 1.42 bits per heavy atom. The Balaban J connectivity index is 1.80. The summed E-state index contributed by atoms with van der Waals surface area (Å²) >= 11 is 0. The zero-order valence-corrected chi connectivity index (χ0v) is 27.6. The molecular weight excluding hydrogens is 729 g/mol. The molecule has 50 heavy (non-hydrogen) atoms. The quantitative estimate of drug-likeness (QED) is 0.0315. The van der Waals surface area contributed by atoms with Crippen LogP contribution in [0.3, 0.4) is 0 Å². The Kier molecular flexibility index (Phi) is 9.29. The van der Waals surface area contributed by atoms with Crippen LogP contribution in [0.25, 0.3) is 33.1 Å². The van der Waals surface area contributed by atoms with Gasteiger partial charge in [0.25, 0.3) is 32.0 Å². The summed E-state index contributed by atoms with van der Waals surface area (Å²) in [4.78, 5) is 52.4. The number of hydroxylamine groups is 2. The maximum absolute atomic E-state index is 13.6. The van der Waals surface area contributed by atoms with Crippen LogP contribution in [0.2, 0.25) is 0 Å². The molecule has 3 aromatic carbocycles. The number of nitrogen functional groups attached to an aromatic ring is 2. The minimum atomic E-state index is -5.22. The van der Waals surface area contributed by atoms with E-state index >= 15 is 0 Å². The van der Waals surface area contributed by atoms with Gasteiger partial charge in [0.05, 0.1) is 39.0 Å². The van der Waals surface area contributed by atoms with E-state index < -0.39 is 110 Å². The molecule has 4 aromatic rings. The predicted octanol–water partition coefficient (Wildman–Crippen LogP) is 1.42. The molecule has 8 N–H and O–H groups in total. The SMILES string of the molecule is Nc1ccc2c(-c3ccc(C(=O)ON4C(=O)CCC4=O)cc3C(=O)O)c3ccc(N)c(S(=O)(=O)NCCCS(=O)(=O)O)c3[o+]c2c1S(=O)(=O)O. The number of nitrogens with zero attached hydrogens (tertiary/aromatic N) is 1. The number of fused-ring (bicyclic) bond motifs is 2. The Bertz CT molecular complexity index is 2480. The standard InChI is InChI=1S/C28H24N4O15S3/c29-18-6-4-15-22(14-3-2-13(12-17(14)27(35)36)28(37)47-32-20(33)8-9-21(32)34)16-5-7-19(30)26(50(43,44)45)24(16)46-23(15)25(18)49(41,42)31-10-1-11-48(38,39)40/h2-7,12,31H,1,8-11,29-30H2,(H2-,35,36,38,39,40,43,44,45)/p+1. The average molecular weight is 754 g/mol. The van der Waals surface area contributed by atoms with Crippen LogP contribution in [0, 0.1) is 0 Å². The van der Waals surface area contributed by atoms with Crippen molar-refractivity contribution in [2.24, 2.45) is 0 Å². The van der Waals surface area contributed by atoms with Gasteiger partial charge in [0.2, 0.25) is 9.79 Å². The van der Waals surface area contributed by atoms with E-state index in [4.69, 9.17) is 25.3 Å². The lowest BCUT2D eigenvalue weighted by molar-refractivity contribution is -0.172. The highest BCUT2D eigenvalue weighted by atomic mass is 32.2. The maximum atomic E-state index is 13.6. The zero-order valence-electron chi connectivity index (χ0n) is 25.1. The molecule has 0 aliphatic carbocycles. The van der Waals surface area contributed by atoms with Gasteiger partial charge in [-0.1, -0.05) is 6.07 Å². The van der Waals surface area contributed by atoms with Gasteiger partial charge in [-0.15, -0.1) is 5.06 Å². The van der Waals surface area contributed by atoms with E-state index in [-0.39, 0.29) is 46.2 Å². The summed E-state index contributed by atoms with van der Waals surface area (Å²) in [6.45, 7) is -0.531. The highest BCUT2D eigenvalue weighted by molar-refractivity contribution is 7.90. The molecule has 1 aliphatic rings. The van der Waals surface area contributed by atoms with E-state index in [1.807, 2.05) is 0 Å². The summed E-state index contributed by atoms with van der Waals surface area (Å²) < 4.78 is 101. The van der Waals surface area contributed by atoms with E-state index in [0.717, 1.165) is 30.3 Å². The predicted molar refractivity (Wildman–Crippen MR) is 172 cm³/mol. The van der Waals surface area contributed by atoms with Crippen LogP contribution in [0.5, 0.6) is 0 Å².